The number of thiophene rings is 1. The zero-order valence-corrected chi connectivity index (χ0v) is 15.6. The summed E-state index contributed by atoms with van der Waals surface area (Å²) in [5.74, 6) is 1.09. The second kappa shape index (κ2) is 7.28. The number of nitrogens with one attached hydrogen (secondary N) is 1. The fraction of sp³-hybridized carbons (Fsp3) is 0.400. The van der Waals surface area contributed by atoms with Gasteiger partial charge in [0, 0.05) is 4.88 Å². The molecule has 25 heavy (non-hydrogen) atoms. The monoisotopic (exact) mass is 354 g/mol. The molecule has 1 atom stereocenters. The van der Waals surface area contributed by atoms with Crippen molar-refractivity contribution in [3.05, 3.63) is 45.3 Å². The van der Waals surface area contributed by atoms with E-state index in [0.717, 1.165) is 36.0 Å². The predicted octanol–water partition coefficient (Wildman–Crippen LogP) is 4.38. The molecule has 0 bridgehead atoms. The number of rotatable bonds is 4. The van der Waals surface area contributed by atoms with Gasteiger partial charge in [-0.25, -0.2) is 0 Å². The van der Waals surface area contributed by atoms with Crippen LogP contribution in [0.3, 0.4) is 0 Å². The van der Waals surface area contributed by atoms with E-state index in [2.05, 4.69) is 24.4 Å². The Bertz CT molecular complexity index is 828. The Kier molecular flexibility index (Phi) is 5.10. The molecular formula is C20H22N2O2S. The number of amides is 1. The van der Waals surface area contributed by atoms with E-state index in [0.29, 0.717) is 22.2 Å². The van der Waals surface area contributed by atoms with Crippen LogP contribution in [0.1, 0.15) is 40.5 Å². The van der Waals surface area contributed by atoms with Gasteiger partial charge < -0.3 is 10.1 Å². The van der Waals surface area contributed by atoms with Gasteiger partial charge in [-0.3, -0.25) is 4.79 Å². The van der Waals surface area contributed by atoms with Crippen LogP contribution in [0.4, 0.5) is 5.00 Å². The van der Waals surface area contributed by atoms with E-state index in [9.17, 15) is 10.1 Å². The molecule has 2 aromatic rings. The number of ether oxygens (including phenoxy) is 1. The van der Waals surface area contributed by atoms with Crippen molar-refractivity contribution in [1.29, 1.82) is 5.26 Å². The van der Waals surface area contributed by atoms with Crippen LogP contribution in [0.2, 0.25) is 0 Å². The molecule has 1 amide bonds. The highest BCUT2D eigenvalue weighted by Crippen LogP contribution is 2.39. The number of benzene rings is 1. The summed E-state index contributed by atoms with van der Waals surface area (Å²) in [6, 6.07) is 8.14. The zero-order valence-electron chi connectivity index (χ0n) is 14.8. The Labute approximate surface area is 152 Å². The molecule has 0 radical (unpaired) electrons. The minimum Gasteiger partial charge on any atom is -0.484 e. The quantitative estimate of drug-likeness (QED) is 0.886. The number of hydrogen-bond acceptors (Lipinski definition) is 4. The van der Waals surface area contributed by atoms with E-state index in [4.69, 9.17) is 4.74 Å². The van der Waals surface area contributed by atoms with E-state index in [1.165, 1.54) is 16.2 Å². The van der Waals surface area contributed by atoms with Crippen molar-refractivity contribution in [2.24, 2.45) is 5.92 Å². The Morgan fingerprint density at radius 1 is 1.36 bits per heavy atom. The first-order valence-electron chi connectivity index (χ1n) is 8.52. The van der Waals surface area contributed by atoms with Gasteiger partial charge in [-0.05, 0) is 67.9 Å². The molecule has 0 fully saturated rings. The topological polar surface area (TPSA) is 62.1 Å². The number of carbonyl (C=O) groups is 1. The molecule has 0 saturated heterocycles. The van der Waals surface area contributed by atoms with Crippen molar-refractivity contribution in [3.8, 4) is 11.8 Å². The summed E-state index contributed by atoms with van der Waals surface area (Å²) in [5, 5.41) is 13.0. The molecule has 0 spiro atoms. The molecule has 1 heterocycles. The van der Waals surface area contributed by atoms with Crippen molar-refractivity contribution in [1.82, 2.24) is 0 Å². The standard InChI is InChI=1S/C20H22N2O2S/c1-12-4-5-16-17(10-21)20(25-18(16)9-12)22-19(23)11-24-15-7-13(2)6-14(3)8-15/h6-8,12H,4-5,9,11H2,1-3H3,(H,22,23)/t12-/m0/s1. The van der Waals surface area contributed by atoms with Gasteiger partial charge in [0.1, 0.15) is 16.8 Å². The SMILES string of the molecule is Cc1cc(C)cc(OCC(=O)Nc2sc3c(c2C#N)CC[C@H](C)C3)c1. The summed E-state index contributed by atoms with van der Waals surface area (Å²) in [7, 11) is 0. The maximum Gasteiger partial charge on any atom is 0.262 e. The highest BCUT2D eigenvalue weighted by molar-refractivity contribution is 7.16. The van der Waals surface area contributed by atoms with Crippen molar-refractivity contribution in [2.75, 3.05) is 11.9 Å². The molecule has 1 aliphatic carbocycles. The van der Waals surface area contributed by atoms with Gasteiger partial charge in [-0.1, -0.05) is 13.0 Å². The second-order valence-electron chi connectivity index (χ2n) is 6.83. The molecular weight excluding hydrogens is 332 g/mol. The number of fused-ring (bicyclic) bond motifs is 1. The minimum absolute atomic E-state index is 0.0628. The average Bonchev–Trinajstić information content (AvgIpc) is 2.88. The number of anilines is 1. The van der Waals surface area contributed by atoms with Gasteiger partial charge in [-0.15, -0.1) is 11.3 Å². The van der Waals surface area contributed by atoms with Gasteiger partial charge in [0.15, 0.2) is 6.61 Å². The first kappa shape index (κ1) is 17.5. The van der Waals surface area contributed by atoms with Crippen LogP contribution in [-0.4, -0.2) is 12.5 Å². The third-order valence-electron chi connectivity index (χ3n) is 4.44. The van der Waals surface area contributed by atoms with Crippen LogP contribution in [0.25, 0.3) is 0 Å². The molecule has 4 nitrogen and oxygen atoms in total. The van der Waals surface area contributed by atoms with Gasteiger partial charge in [-0.2, -0.15) is 5.26 Å². The number of hydrogen-bond donors (Lipinski definition) is 1. The van der Waals surface area contributed by atoms with E-state index in [1.807, 2.05) is 26.0 Å². The minimum atomic E-state index is -0.234. The molecule has 1 aromatic carbocycles. The maximum atomic E-state index is 12.3. The molecule has 3 rings (SSSR count). The molecule has 1 aromatic heterocycles. The van der Waals surface area contributed by atoms with Gasteiger partial charge in [0.25, 0.3) is 5.91 Å². The van der Waals surface area contributed by atoms with Crippen LogP contribution >= 0.6 is 11.3 Å². The fourth-order valence-electron chi connectivity index (χ4n) is 3.28. The summed E-state index contributed by atoms with van der Waals surface area (Å²) < 4.78 is 5.60. The summed E-state index contributed by atoms with van der Waals surface area (Å²) in [6.07, 6.45) is 3.01. The van der Waals surface area contributed by atoms with Crippen LogP contribution in [0.5, 0.6) is 5.75 Å². The fourth-order valence-corrected chi connectivity index (χ4v) is 4.66. The smallest absolute Gasteiger partial charge is 0.262 e. The molecule has 5 heteroatoms. The van der Waals surface area contributed by atoms with Crippen molar-refractivity contribution in [2.45, 2.75) is 40.0 Å². The van der Waals surface area contributed by atoms with Gasteiger partial charge in [0.2, 0.25) is 0 Å². The number of nitriles is 1. The second-order valence-corrected chi connectivity index (χ2v) is 7.93. The lowest BCUT2D eigenvalue weighted by atomic mass is 9.89. The molecule has 0 aliphatic heterocycles. The van der Waals surface area contributed by atoms with Crippen LogP contribution < -0.4 is 10.1 Å². The third kappa shape index (κ3) is 4.02. The number of carbonyl (C=O) groups excluding carboxylic acids is 1. The molecule has 130 valence electrons. The Morgan fingerprint density at radius 3 is 2.76 bits per heavy atom. The molecule has 1 aliphatic rings. The Hall–Kier alpha value is -2.32. The lowest BCUT2D eigenvalue weighted by Crippen LogP contribution is -2.20. The average molecular weight is 354 g/mol. The number of aryl methyl sites for hydroxylation is 2. The van der Waals surface area contributed by atoms with E-state index in [1.54, 1.807) is 0 Å². The normalized spacial score (nSPS) is 16.0. The van der Waals surface area contributed by atoms with Crippen LogP contribution in [0.15, 0.2) is 18.2 Å². The first-order valence-corrected chi connectivity index (χ1v) is 9.33. The summed E-state index contributed by atoms with van der Waals surface area (Å²) in [5.41, 5.74) is 3.95. The predicted molar refractivity (Wildman–Crippen MR) is 100 cm³/mol. The Balaban J connectivity index is 1.68. The largest absolute Gasteiger partial charge is 0.484 e. The van der Waals surface area contributed by atoms with Crippen molar-refractivity contribution < 1.29 is 9.53 Å². The van der Waals surface area contributed by atoms with Crippen LogP contribution in [0, 0.1) is 31.1 Å². The van der Waals surface area contributed by atoms with Crippen LogP contribution in [-0.2, 0) is 17.6 Å². The number of nitrogens with zero attached hydrogens (tertiary/aromatic N) is 1. The highest BCUT2D eigenvalue weighted by atomic mass is 32.1. The van der Waals surface area contributed by atoms with Crippen molar-refractivity contribution >= 4 is 22.2 Å². The summed E-state index contributed by atoms with van der Waals surface area (Å²) in [6.45, 7) is 6.16. The third-order valence-corrected chi connectivity index (χ3v) is 5.61. The summed E-state index contributed by atoms with van der Waals surface area (Å²) in [4.78, 5) is 13.5. The lowest BCUT2D eigenvalue weighted by molar-refractivity contribution is -0.118. The van der Waals surface area contributed by atoms with Crippen molar-refractivity contribution in [3.63, 3.8) is 0 Å². The molecule has 0 unspecified atom stereocenters. The van der Waals surface area contributed by atoms with Gasteiger partial charge >= 0.3 is 0 Å². The first-order chi connectivity index (χ1) is 12.0. The molecule has 0 saturated carbocycles. The Morgan fingerprint density at radius 2 is 2.08 bits per heavy atom. The van der Waals surface area contributed by atoms with E-state index in [-0.39, 0.29) is 12.5 Å². The lowest BCUT2D eigenvalue weighted by Gasteiger charge is -2.17. The highest BCUT2D eigenvalue weighted by Gasteiger charge is 2.24. The molecule has 1 N–H and O–H groups in total. The zero-order chi connectivity index (χ0) is 18.0. The van der Waals surface area contributed by atoms with E-state index >= 15 is 0 Å². The maximum absolute atomic E-state index is 12.3. The summed E-state index contributed by atoms with van der Waals surface area (Å²) >= 11 is 1.54. The van der Waals surface area contributed by atoms with E-state index < -0.39 is 0 Å². The van der Waals surface area contributed by atoms with Gasteiger partial charge in [0.05, 0.1) is 5.56 Å².